The molecule has 1 N–H and O–H groups in total. The van der Waals surface area contributed by atoms with Gasteiger partial charge in [-0.2, -0.15) is 0 Å². The Bertz CT molecular complexity index is 884. The Morgan fingerprint density at radius 2 is 1.72 bits per heavy atom. The number of nitrogens with one attached hydrogen (secondary N) is 1. The van der Waals surface area contributed by atoms with E-state index in [1.807, 2.05) is 31.3 Å². The lowest BCUT2D eigenvalue weighted by Crippen LogP contribution is -2.24. The molecule has 7 heteroatoms. The van der Waals surface area contributed by atoms with E-state index in [4.69, 9.17) is 23.2 Å². The van der Waals surface area contributed by atoms with E-state index in [9.17, 15) is 8.42 Å². The van der Waals surface area contributed by atoms with Gasteiger partial charge in [0.1, 0.15) is 0 Å². The summed E-state index contributed by atoms with van der Waals surface area (Å²) < 4.78 is 23.8. The summed E-state index contributed by atoms with van der Waals surface area (Å²) in [6.07, 6.45) is 3.14. The zero-order chi connectivity index (χ0) is 17.5. The molecule has 0 radical (unpaired) electrons. The van der Waals surface area contributed by atoms with Crippen LogP contribution in [0.25, 0.3) is 0 Å². The average Bonchev–Trinajstić information content (AvgIpc) is 2.55. The summed E-state index contributed by atoms with van der Waals surface area (Å²) in [7, 11) is -1.32. The van der Waals surface area contributed by atoms with Gasteiger partial charge >= 0.3 is 0 Å². The van der Waals surface area contributed by atoms with Gasteiger partial charge < -0.3 is 5.32 Å². The van der Waals surface area contributed by atoms with Crippen LogP contribution in [0.3, 0.4) is 0 Å². The SMILES string of the molecule is CNC1CCC(c2ccc(Cl)c(Cl)c2)c2ccc(S(C)(=O)=O)cc21.Cl. The first kappa shape index (κ1) is 20.5. The molecule has 1 aliphatic rings. The Hall–Kier alpha value is -0.780. The molecule has 2 aromatic rings. The van der Waals surface area contributed by atoms with Crippen molar-refractivity contribution < 1.29 is 8.42 Å². The predicted molar refractivity (Wildman–Crippen MR) is 106 cm³/mol. The summed E-state index contributed by atoms with van der Waals surface area (Å²) in [5.74, 6) is 0.188. The highest BCUT2D eigenvalue weighted by atomic mass is 35.5. The molecule has 0 spiro atoms. The summed E-state index contributed by atoms with van der Waals surface area (Å²) in [6.45, 7) is 0. The Morgan fingerprint density at radius 1 is 1.00 bits per heavy atom. The number of rotatable bonds is 3. The molecule has 0 amide bonds. The topological polar surface area (TPSA) is 46.2 Å². The van der Waals surface area contributed by atoms with Gasteiger partial charge in [0.15, 0.2) is 9.84 Å². The summed E-state index contributed by atoms with van der Waals surface area (Å²) in [6, 6.07) is 11.3. The highest BCUT2D eigenvalue weighted by molar-refractivity contribution is 7.90. The number of halogens is 3. The molecular weight excluding hydrogens is 401 g/mol. The van der Waals surface area contributed by atoms with Gasteiger partial charge in [0, 0.05) is 18.2 Å². The molecule has 1 aliphatic carbocycles. The number of hydrogen-bond acceptors (Lipinski definition) is 3. The van der Waals surface area contributed by atoms with E-state index in [1.165, 1.54) is 6.26 Å². The molecule has 2 atom stereocenters. The Balaban J connectivity index is 0.00000225. The summed E-state index contributed by atoms with van der Waals surface area (Å²) in [5.41, 5.74) is 3.29. The third-order valence-corrected chi connectivity index (χ3v) is 6.53. The largest absolute Gasteiger partial charge is 0.313 e. The van der Waals surface area contributed by atoms with Crippen molar-refractivity contribution in [3.8, 4) is 0 Å². The van der Waals surface area contributed by atoms with Crippen molar-refractivity contribution in [2.24, 2.45) is 0 Å². The van der Waals surface area contributed by atoms with Crippen molar-refractivity contribution in [1.82, 2.24) is 5.32 Å². The van der Waals surface area contributed by atoms with Gasteiger partial charge in [0.05, 0.1) is 14.9 Å². The van der Waals surface area contributed by atoms with Gasteiger partial charge in [-0.05, 0) is 60.8 Å². The fraction of sp³-hybridized carbons (Fsp3) is 0.333. The minimum atomic E-state index is -3.23. The standard InChI is InChI=1S/C18H19Cl2NO2S.ClH/c1-21-18-8-6-13(11-3-7-16(19)17(20)9-11)14-5-4-12(10-15(14)18)24(2,22)23;/h3-5,7,9-10,13,18,21H,6,8H2,1-2H3;1H. The molecular formula is C18H20Cl3NO2S. The Kier molecular flexibility index (Phi) is 6.45. The highest BCUT2D eigenvalue weighted by Crippen LogP contribution is 2.43. The van der Waals surface area contributed by atoms with Crippen LogP contribution in [0.4, 0.5) is 0 Å². The number of hydrogen-bond donors (Lipinski definition) is 1. The average molecular weight is 421 g/mol. The van der Waals surface area contributed by atoms with E-state index in [1.54, 1.807) is 12.1 Å². The lowest BCUT2D eigenvalue weighted by molar-refractivity contribution is 0.469. The fourth-order valence-corrected chi connectivity index (χ4v) is 4.38. The van der Waals surface area contributed by atoms with Gasteiger partial charge in [-0.3, -0.25) is 0 Å². The molecule has 0 bridgehead atoms. The third kappa shape index (κ3) is 4.15. The van der Waals surface area contributed by atoms with Crippen LogP contribution in [0, 0.1) is 0 Å². The minimum Gasteiger partial charge on any atom is -0.313 e. The number of sulfone groups is 1. The van der Waals surface area contributed by atoms with Crippen LogP contribution in [0.5, 0.6) is 0 Å². The lowest BCUT2D eigenvalue weighted by atomic mass is 9.77. The van der Waals surface area contributed by atoms with Crippen molar-refractivity contribution in [2.45, 2.75) is 29.7 Å². The van der Waals surface area contributed by atoms with E-state index in [-0.39, 0.29) is 24.4 Å². The Labute approximate surface area is 165 Å². The zero-order valence-electron chi connectivity index (χ0n) is 13.9. The fourth-order valence-electron chi connectivity index (χ4n) is 3.42. The maximum atomic E-state index is 11.9. The first-order valence-corrected chi connectivity index (χ1v) is 10.4. The molecule has 0 saturated carbocycles. The third-order valence-electron chi connectivity index (χ3n) is 4.68. The second-order valence-electron chi connectivity index (χ2n) is 6.21. The highest BCUT2D eigenvalue weighted by Gasteiger charge is 2.28. The van der Waals surface area contributed by atoms with Gasteiger partial charge in [-0.15, -0.1) is 12.4 Å². The molecule has 0 aliphatic heterocycles. The lowest BCUT2D eigenvalue weighted by Gasteiger charge is -2.32. The second-order valence-corrected chi connectivity index (χ2v) is 9.04. The molecule has 2 unspecified atom stereocenters. The van der Waals surface area contributed by atoms with Crippen molar-refractivity contribution in [2.75, 3.05) is 13.3 Å². The molecule has 0 heterocycles. The van der Waals surface area contributed by atoms with Crippen LogP contribution in [0.1, 0.15) is 41.5 Å². The Morgan fingerprint density at radius 3 is 2.32 bits per heavy atom. The van der Waals surface area contributed by atoms with Gasteiger partial charge in [0.25, 0.3) is 0 Å². The van der Waals surface area contributed by atoms with Crippen LogP contribution in [-0.4, -0.2) is 21.7 Å². The summed E-state index contributed by atoms with van der Waals surface area (Å²) >= 11 is 12.2. The maximum Gasteiger partial charge on any atom is 0.175 e. The van der Waals surface area contributed by atoms with Crippen LogP contribution < -0.4 is 5.32 Å². The van der Waals surface area contributed by atoms with Crippen molar-refractivity contribution in [1.29, 1.82) is 0 Å². The first-order valence-electron chi connectivity index (χ1n) is 7.77. The van der Waals surface area contributed by atoms with E-state index in [0.29, 0.717) is 14.9 Å². The zero-order valence-corrected chi connectivity index (χ0v) is 17.1. The van der Waals surface area contributed by atoms with E-state index >= 15 is 0 Å². The van der Waals surface area contributed by atoms with E-state index in [0.717, 1.165) is 29.5 Å². The molecule has 3 nitrogen and oxygen atoms in total. The molecule has 0 saturated heterocycles. The maximum absolute atomic E-state index is 11.9. The van der Waals surface area contributed by atoms with Crippen molar-refractivity contribution in [3.63, 3.8) is 0 Å². The van der Waals surface area contributed by atoms with Crippen LogP contribution in [0.15, 0.2) is 41.3 Å². The minimum absolute atomic E-state index is 0. The van der Waals surface area contributed by atoms with Gasteiger partial charge in [-0.1, -0.05) is 35.3 Å². The van der Waals surface area contributed by atoms with E-state index in [2.05, 4.69) is 5.32 Å². The normalized spacial score (nSPS) is 19.8. The summed E-state index contributed by atoms with van der Waals surface area (Å²) in [4.78, 5) is 0.358. The van der Waals surface area contributed by atoms with Crippen molar-refractivity contribution in [3.05, 3.63) is 63.1 Å². The number of benzene rings is 2. The number of fused-ring (bicyclic) bond motifs is 1. The molecule has 25 heavy (non-hydrogen) atoms. The van der Waals surface area contributed by atoms with Crippen molar-refractivity contribution >= 4 is 45.4 Å². The first-order chi connectivity index (χ1) is 11.3. The summed E-state index contributed by atoms with van der Waals surface area (Å²) in [5, 5.41) is 4.37. The van der Waals surface area contributed by atoms with Crippen LogP contribution in [-0.2, 0) is 9.84 Å². The molecule has 0 fully saturated rings. The van der Waals surface area contributed by atoms with Crippen LogP contribution in [0.2, 0.25) is 10.0 Å². The molecule has 2 aromatic carbocycles. The predicted octanol–water partition coefficient (Wildman–Crippen LogP) is 5.00. The second kappa shape index (κ2) is 7.85. The monoisotopic (exact) mass is 419 g/mol. The molecule has 136 valence electrons. The quantitative estimate of drug-likeness (QED) is 0.759. The van der Waals surface area contributed by atoms with Crippen LogP contribution >= 0.6 is 35.6 Å². The molecule has 3 rings (SSSR count). The van der Waals surface area contributed by atoms with Gasteiger partial charge in [-0.25, -0.2) is 8.42 Å². The van der Waals surface area contributed by atoms with E-state index < -0.39 is 9.84 Å². The molecule has 0 aromatic heterocycles. The smallest absolute Gasteiger partial charge is 0.175 e. The van der Waals surface area contributed by atoms with Gasteiger partial charge in [0.2, 0.25) is 0 Å².